The van der Waals surface area contributed by atoms with Gasteiger partial charge in [0.15, 0.2) is 16.0 Å². The van der Waals surface area contributed by atoms with Gasteiger partial charge in [0.05, 0.1) is 11.4 Å². The van der Waals surface area contributed by atoms with Crippen molar-refractivity contribution in [2.75, 3.05) is 11.5 Å². The number of nitrogens with zero attached hydrogens (tertiary/aromatic N) is 2. The first-order valence-electron chi connectivity index (χ1n) is 10.7. The van der Waals surface area contributed by atoms with Gasteiger partial charge in [-0.3, -0.25) is 4.79 Å². The van der Waals surface area contributed by atoms with Crippen molar-refractivity contribution in [2.24, 2.45) is 0 Å². The predicted octanol–water partition coefficient (Wildman–Crippen LogP) is 5.82. The Kier molecular flexibility index (Phi) is 5.90. The van der Waals surface area contributed by atoms with Gasteiger partial charge in [-0.15, -0.1) is 22.7 Å². The lowest BCUT2D eigenvalue weighted by atomic mass is 9.78. The Balaban J connectivity index is 1.88. The van der Waals surface area contributed by atoms with Crippen molar-refractivity contribution >= 4 is 49.9 Å². The molecule has 0 radical (unpaired) electrons. The van der Waals surface area contributed by atoms with E-state index >= 15 is 0 Å². The van der Waals surface area contributed by atoms with Crippen molar-refractivity contribution in [1.29, 1.82) is 0 Å². The van der Waals surface area contributed by atoms with Gasteiger partial charge in [-0.05, 0) is 29.5 Å². The van der Waals surface area contributed by atoms with E-state index in [1.54, 1.807) is 0 Å². The molecule has 1 saturated carbocycles. The highest BCUT2D eigenvalue weighted by atomic mass is 32.1. The van der Waals surface area contributed by atoms with Crippen LogP contribution in [0, 0.1) is 0 Å². The molecule has 0 aliphatic heterocycles. The molecule has 2 heterocycles. The first kappa shape index (κ1) is 21.3. The summed E-state index contributed by atoms with van der Waals surface area (Å²) in [5, 5.41) is 4.86. The van der Waals surface area contributed by atoms with Crippen molar-refractivity contribution < 1.29 is 4.79 Å². The number of carbonyl (C=O) groups excluding carboxylic acids is 1. The number of nitrogen functional groups attached to an aromatic ring is 2. The molecule has 1 aliphatic rings. The molecule has 2 aromatic carbocycles. The molecule has 1 aliphatic carbocycles. The van der Waals surface area contributed by atoms with E-state index in [1.165, 1.54) is 22.7 Å². The van der Waals surface area contributed by atoms with E-state index in [2.05, 4.69) is 22.1 Å². The number of nitrogens with two attached hydrogens (primary N) is 2. The maximum atomic E-state index is 13.6. The number of allylic oxidation sites excluding steroid dienone is 2. The van der Waals surface area contributed by atoms with Crippen LogP contribution in [0.2, 0.25) is 0 Å². The van der Waals surface area contributed by atoms with Gasteiger partial charge >= 0.3 is 0 Å². The zero-order valence-corrected chi connectivity index (χ0v) is 19.5. The van der Waals surface area contributed by atoms with Crippen molar-refractivity contribution in [3.63, 3.8) is 0 Å². The van der Waals surface area contributed by atoms with Crippen LogP contribution >= 0.6 is 22.7 Å². The summed E-state index contributed by atoms with van der Waals surface area (Å²) in [4.78, 5) is 22.8. The SMILES string of the molecule is Nc1nc(C(=C2CCCC(=O)C2=C(c2ccccc2)c2csc(N)n2)c2ccccc2)cs1. The minimum Gasteiger partial charge on any atom is -0.375 e. The van der Waals surface area contributed by atoms with E-state index in [4.69, 9.17) is 11.5 Å². The lowest BCUT2D eigenvalue weighted by Gasteiger charge is -2.24. The second kappa shape index (κ2) is 9.13. The minimum absolute atomic E-state index is 0.110. The minimum atomic E-state index is 0.110. The van der Waals surface area contributed by atoms with E-state index in [9.17, 15) is 4.79 Å². The molecule has 1 fully saturated rings. The van der Waals surface area contributed by atoms with Gasteiger partial charge in [-0.25, -0.2) is 9.97 Å². The van der Waals surface area contributed by atoms with Crippen molar-refractivity contribution in [2.45, 2.75) is 19.3 Å². The highest BCUT2D eigenvalue weighted by Crippen LogP contribution is 2.42. The number of thiazole rings is 2. The maximum absolute atomic E-state index is 13.6. The number of hydrogen-bond acceptors (Lipinski definition) is 7. The highest BCUT2D eigenvalue weighted by molar-refractivity contribution is 7.13. The first-order chi connectivity index (χ1) is 16.1. The van der Waals surface area contributed by atoms with Gasteiger partial charge in [0.25, 0.3) is 0 Å². The summed E-state index contributed by atoms with van der Waals surface area (Å²) in [6.45, 7) is 0. The molecule has 0 unspecified atom stereocenters. The van der Waals surface area contributed by atoms with Crippen molar-refractivity contribution in [3.8, 4) is 0 Å². The summed E-state index contributed by atoms with van der Waals surface area (Å²) >= 11 is 2.78. The lowest BCUT2D eigenvalue weighted by molar-refractivity contribution is -0.115. The molecular weight excluding hydrogens is 448 g/mol. The van der Waals surface area contributed by atoms with Gasteiger partial charge in [0.2, 0.25) is 0 Å². The number of carbonyl (C=O) groups is 1. The van der Waals surface area contributed by atoms with E-state index in [1.807, 2.05) is 59.3 Å². The fourth-order valence-electron chi connectivity index (χ4n) is 4.30. The molecule has 0 atom stereocenters. The molecule has 4 aromatic rings. The van der Waals surface area contributed by atoms with E-state index in [0.29, 0.717) is 22.3 Å². The average Bonchev–Trinajstić information content (AvgIpc) is 3.45. The van der Waals surface area contributed by atoms with Gasteiger partial charge in [0, 0.05) is 33.9 Å². The molecule has 7 heteroatoms. The molecule has 5 nitrogen and oxygen atoms in total. The number of Topliss-reactive ketones (excluding diaryl/α,β-unsaturated/α-hetero) is 1. The standard InChI is InChI=1S/C26H22N4OS2/c27-25-29-19(14-32-25)22(16-8-3-1-4-9-16)18-12-7-13-21(31)24(18)23(17-10-5-2-6-11-17)20-15-33-26(28)30-20/h1-6,8-11,14-15H,7,12-13H2,(H2,27,29)(H2,28,30). The Morgan fingerprint density at radius 2 is 1.24 bits per heavy atom. The third-order valence-electron chi connectivity index (χ3n) is 5.64. The summed E-state index contributed by atoms with van der Waals surface area (Å²) in [6, 6.07) is 20.0. The molecule has 0 bridgehead atoms. The molecular formula is C26H22N4OS2. The van der Waals surface area contributed by atoms with Crippen LogP contribution in [0.3, 0.4) is 0 Å². The molecule has 4 N–H and O–H groups in total. The molecule has 2 aromatic heterocycles. The van der Waals surface area contributed by atoms with Crippen LogP contribution in [0.25, 0.3) is 11.1 Å². The van der Waals surface area contributed by atoms with Crippen LogP contribution in [-0.2, 0) is 4.79 Å². The summed E-state index contributed by atoms with van der Waals surface area (Å²) in [7, 11) is 0. The Bertz CT molecular complexity index is 1370. The van der Waals surface area contributed by atoms with Crippen molar-refractivity contribution in [3.05, 3.63) is 105 Å². The van der Waals surface area contributed by atoms with Crippen LogP contribution in [0.15, 0.2) is 82.6 Å². The van der Waals surface area contributed by atoms with Crippen LogP contribution in [0.1, 0.15) is 41.8 Å². The van der Waals surface area contributed by atoms with Gasteiger partial charge in [0.1, 0.15) is 0 Å². The largest absolute Gasteiger partial charge is 0.375 e. The van der Waals surface area contributed by atoms with Crippen LogP contribution in [0.4, 0.5) is 10.3 Å². The van der Waals surface area contributed by atoms with E-state index in [-0.39, 0.29) is 5.78 Å². The Morgan fingerprint density at radius 3 is 1.76 bits per heavy atom. The summed E-state index contributed by atoms with van der Waals surface area (Å²) < 4.78 is 0. The zero-order chi connectivity index (χ0) is 22.8. The summed E-state index contributed by atoms with van der Waals surface area (Å²) in [5.41, 5.74) is 18.9. The summed E-state index contributed by atoms with van der Waals surface area (Å²) in [6.07, 6.45) is 2.05. The fraction of sp³-hybridized carbons (Fsp3) is 0.115. The molecule has 33 heavy (non-hydrogen) atoms. The average molecular weight is 471 g/mol. The monoisotopic (exact) mass is 470 g/mol. The molecule has 0 amide bonds. The smallest absolute Gasteiger partial charge is 0.180 e. The molecule has 0 spiro atoms. The number of ketones is 1. The predicted molar refractivity (Wildman–Crippen MR) is 137 cm³/mol. The van der Waals surface area contributed by atoms with Crippen LogP contribution < -0.4 is 11.5 Å². The van der Waals surface area contributed by atoms with Crippen LogP contribution in [0.5, 0.6) is 0 Å². The highest BCUT2D eigenvalue weighted by Gasteiger charge is 2.30. The van der Waals surface area contributed by atoms with Crippen LogP contribution in [-0.4, -0.2) is 15.8 Å². The normalized spacial score (nSPS) is 17.2. The maximum Gasteiger partial charge on any atom is 0.180 e. The fourth-order valence-corrected chi connectivity index (χ4v) is 5.40. The number of rotatable bonds is 4. The Morgan fingerprint density at radius 1 is 0.727 bits per heavy atom. The number of anilines is 2. The van der Waals surface area contributed by atoms with E-state index in [0.717, 1.165) is 52.1 Å². The molecule has 0 saturated heterocycles. The molecule has 164 valence electrons. The second-order valence-corrected chi connectivity index (χ2v) is 9.53. The molecule has 5 rings (SSSR count). The number of benzene rings is 2. The van der Waals surface area contributed by atoms with E-state index < -0.39 is 0 Å². The number of hydrogen-bond donors (Lipinski definition) is 2. The Labute approximate surface area is 200 Å². The third kappa shape index (κ3) is 4.25. The Hall–Kier alpha value is -3.55. The lowest BCUT2D eigenvalue weighted by Crippen LogP contribution is -2.16. The van der Waals surface area contributed by atoms with Crippen molar-refractivity contribution in [1.82, 2.24) is 9.97 Å². The second-order valence-electron chi connectivity index (χ2n) is 7.75. The quantitative estimate of drug-likeness (QED) is 0.366. The van der Waals surface area contributed by atoms with Gasteiger partial charge in [-0.2, -0.15) is 0 Å². The first-order valence-corrected chi connectivity index (χ1v) is 12.4. The number of aromatic nitrogens is 2. The van der Waals surface area contributed by atoms with Gasteiger partial charge in [-0.1, -0.05) is 60.7 Å². The van der Waals surface area contributed by atoms with Gasteiger partial charge < -0.3 is 11.5 Å². The topological polar surface area (TPSA) is 94.9 Å². The summed E-state index contributed by atoms with van der Waals surface area (Å²) in [5.74, 6) is 0.110. The third-order valence-corrected chi connectivity index (χ3v) is 6.99. The zero-order valence-electron chi connectivity index (χ0n) is 17.8.